The van der Waals surface area contributed by atoms with Crippen molar-refractivity contribution in [1.29, 1.82) is 0 Å². The fraction of sp³-hybridized carbons (Fsp3) is 0.167. The van der Waals surface area contributed by atoms with Crippen molar-refractivity contribution in [3.05, 3.63) is 51.8 Å². The summed E-state index contributed by atoms with van der Waals surface area (Å²) in [6, 6.07) is 5.86. The van der Waals surface area contributed by atoms with Gasteiger partial charge in [0.1, 0.15) is 5.69 Å². The number of aryl methyl sites for hydroxylation is 1. The Balaban J connectivity index is 2.22. The molecule has 20 heavy (non-hydrogen) atoms. The van der Waals surface area contributed by atoms with E-state index in [1.54, 1.807) is 24.0 Å². The lowest BCUT2D eigenvalue weighted by Crippen LogP contribution is -2.12. The summed E-state index contributed by atoms with van der Waals surface area (Å²) in [6.07, 6.45) is 1.78. The molecule has 1 aromatic heterocycles. The van der Waals surface area contributed by atoms with E-state index in [0.717, 1.165) is 11.8 Å². The van der Waals surface area contributed by atoms with Crippen molar-refractivity contribution >= 4 is 17.3 Å². The van der Waals surface area contributed by atoms with E-state index >= 15 is 0 Å². The SMILES string of the molecule is Cn1ccc(CNc2ccc(C(N)=O)cc2[N+](=O)[O-])n1. The molecule has 8 heteroatoms. The van der Waals surface area contributed by atoms with E-state index in [4.69, 9.17) is 5.73 Å². The summed E-state index contributed by atoms with van der Waals surface area (Å²) in [7, 11) is 1.79. The number of amides is 1. The predicted molar refractivity (Wildman–Crippen MR) is 72.1 cm³/mol. The van der Waals surface area contributed by atoms with Gasteiger partial charge in [-0.2, -0.15) is 5.10 Å². The molecule has 2 aromatic rings. The van der Waals surface area contributed by atoms with E-state index in [9.17, 15) is 14.9 Å². The number of nitrogens with two attached hydrogens (primary N) is 1. The van der Waals surface area contributed by atoms with Gasteiger partial charge in [-0.25, -0.2) is 0 Å². The summed E-state index contributed by atoms with van der Waals surface area (Å²) in [5.74, 6) is -0.704. The molecular formula is C12H13N5O3. The van der Waals surface area contributed by atoms with Crippen LogP contribution in [-0.4, -0.2) is 20.6 Å². The van der Waals surface area contributed by atoms with E-state index < -0.39 is 10.8 Å². The molecule has 0 saturated carbocycles. The zero-order valence-electron chi connectivity index (χ0n) is 10.7. The number of carbonyl (C=O) groups excluding carboxylic acids is 1. The summed E-state index contributed by atoms with van der Waals surface area (Å²) in [5.41, 5.74) is 6.07. The Bertz CT molecular complexity index is 665. The molecule has 104 valence electrons. The fourth-order valence-corrected chi connectivity index (χ4v) is 1.73. The second-order valence-electron chi connectivity index (χ2n) is 4.19. The van der Waals surface area contributed by atoms with Gasteiger partial charge in [0.2, 0.25) is 5.91 Å². The molecule has 0 aliphatic carbocycles. The van der Waals surface area contributed by atoms with Crippen molar-refractivity contribution in [2.75, 3.05) is 5.32 Å². The Morgan fingerprint density at radius 1 is 1.50 bits per heavy atom. The van der Waals surface area contributed by atoms with Crippen LogP contribution in [-0.2, 0) is 13.6 Å². The lowest BCUT2D eigenvalue weighted by Gasteiger charge is -2.06. The summed E-state index contributed by atoms with van der Waals surface area (Å²) in [5, 5.41) is 18.1. The summed E-state index contributed by atoms with van der Waals surface area (Å²) < 4.78 is 1.64. The van der Waals surface area contributed by atoms with Crippen LogP contribution in [0.1, 0.15) is 16.1 Å². The number of benzene rings is 1. The monoisotopic (exact) mass is 275 g/mol. The number of hydrogen-bond donors (Lipinski definition) is 2. The Morgan fingerprint density at radius 3 is 2.80 bits per heavy atom. The van der Waals surface area contributed by atoms with Crippen LogP contribution in [0, 0.1) is 10.1 Å². The van der Waals surface area contributed by atoms with E-state index in [1.807, 2.05) is 0 Å². The van der Waals surface area contributed by atoms with E-state index in [-0.39, 0.29) is 11.3 Å². The smallest absolute Gasteiger partial charge is 0.293 e. The highest BCUT2D eigenvalue weighted by molar-refractivity contribution is 5.94. The summed E-state index contributed by atoms with van der Waals surface area (Å²) in [4.78, 5) is 21.5. The number of nitrogens with one attached hydrogen (secondary N) is 1. The van der Waals surface area contributed by atoms with Gasteiger partial charge in [0.15, 0.2) is 0 Å². The van der Waals surface area contributed by atoms with Crippen molar-refractivity contribution in [2.24, 2.45) is 12.8 Å². The Kier molecular flexibility index (Phi) is 3.65. The highest BCUT2D eigenvalue weighted by Crippen LogP contribution is 2.25. The molecule has 2 rings (SSSR count). The lowest BCUT2D eigenvalue weighted by atomic mass is 10.1. The van der Waals surface area contributed by atoms with Gasteiger partial charge >= 0.3 is 0 Å². The molecule has 0 bridgehead atoms. The molecule has 0 aliphatic heterocycles. The van der Waals surface area contributed by atoms with Crippen molar-refractivity contribution in [1.82, 2.24) is 9.78 Å². The van der Waals surface area contributed by atoms with Crippen LogP contribution >= 0.6 is 0 Å². The van der Waals surface area contributed by atoms with Gasteiger partial charge in [0, 0.05) is 24.9 Å². The molecule has 0 unspecified atom stereocenters. The molecule has 0 aliphatic rings. The minimum atomic E-state index is -0.704. The van der Waals surface area contributed by atoms with Gasteiger partial charge in [-0.05, 0) is 18.2 Å². The zero-order chi connectivity index (χ0) is 14.7. The predicted octanol–water partition coefficient (Wildman–Crippen LogP) is 1.04. The number of rotatable bonds is 5. The standard InChI is InChI=1S/C12H13N5O3/c1-16-5-4-9(15-16)7-14-10-3-2-8(12(13)18)6-11(10)17(19)20/h2-6,14H,7H2,1H3,(H2,13,18). The van der Waals surface area contributed by atoms with Crippen molar-refractivity contribution in [3.63, 3.8) is 0 Å². The molecular weight excluding hydrogens is 262 g/mol. The van der Waals surface area contributed by atoms with Crippen molar-refractivity contribution in [3.8, 4) is 0 Å². The molecule has 1 heterocycles. The first-order valence-corrected chi connectivity index (χ1v) is 5.78. The van der Waals surface area contributed by atoms with Crippen LogP contribution in [0.5, 0.6) is 0 Å². The fourth-order valence-electron chi connectivity index (χ4n) is 1.73. The van der Waals surface area contributed by atoms with Crippen molar-refractivity contribution in [2.45, 2.75) is 6.54 Å². The third-order valence-electron chi connectivity index (χ3n) is 2.71. The van der Waals surface area contributed by atoms with Gasteiger partial charge in [-0.3, -0.25) is 19.6 Å². The van der Waals surface area contributed by atoms with E-state index in [0.29, 0.717) is 12.2 Å². The maximum atomic E-state index is 11.0. The number of primary amides is 1. The number of aromatic nitrogens is 2. The average Bonchev–Trinajstić information content (AvgIpc) is 2.81. The van der Waals surface area contributed by atoms with Crippen LogP contribution < -0.4 is 11.1 Å². The number of nitro groups is 1. The highest BCUT2D eigenvalue weighted by Gasteiger charge is 2.16. The Morgan fingerprint density at radius 2 is 2.25 bits per heavy atom. The van der Waals surface area contributed by atoms with Crippen LogP contribution in [0.2, 0.25) is 0 Å². The third kappa shape index (κ3) is 2.91. The second kappa shape index (κ2) is 5.39. The zero-order valence-corrected chi connectivity index (χ0v) is 10.7. The summed E-state index contributed by atoms with van der Waals surface area (Å²) in [6.45, 7) is 0.345. The Labute approximate surface area is 114 Å². The second-order valence-corrected chi connectivity index (χ2v) is 4.19. The van der Waals surface area contributed by atoms with Gasteiger partial charge in [0.25, 0.3) is 5.69 Å². The lowest BCUT2D eigenvalue weighted by molar-refractivity contribution is -0.384. The molecule has 0 radical (unpaired) electrons. The minimum Gasteiger partial charge on any atom is -0.374 e. The molecule has 3 N–H and O–H groups in total. The van der Waals surface area contributed by atoms with Gasteiger partial charge < -0.3 is 11.1 Å². The topological polar surface area (TPSA) is 116 Å². The average molecular weight is 275 g/mol. The normalized spacial score (nSPS) is 10.2. The van der Waals surface area contributed by atoms with E-state index in [1.165, 1.54) is 12.1 Å². The third-order valence-corrected chi connectivity index (χ3v) is 2.71. The molecule has 0 saturated heterocycles. The van der Waals surface area contributed by atoms with Crippen LogP contribution in [0.4, 0.5) is 11.4 Å². The Hall–Kier alpha value is -2.90. The first kappa shape index (κ1) is 13.5. The highest BCUT2D eigenvalue weighted by atomic mass is 16.6. The molecule has 1 amide bonds. The van der Waals surface area contributed by atoms with Crippen LogP contribution in [0.25, 0.3) is 0 Å². The number of hydrogen-bond acceptors (Lipinski definition) is 5. The van der Waals surface area contributed by atoms with Crippen molar-refractivity contribution < 1.29 is 9.72 Å². The minimum absolute atomic E-state index is 0.0973. The first-order chi connectivity index (χ1) is 9.47. The maximum Gasteiger partial charge on any atom is 0.293 e. The van der Waals surface area contributed by atoms with Gasteiger partial charge in [0.05, 0.1) is 17.2 Å². The van der Waals surface area contributed by atoms with Crippen LogP contribution in [0.15, 0.2) is 30.5 Å². The molecule has 8 nitrogen and oxygen atoms in total. The molecule has 0 spiro atoms. The molecule has 0 atom stereocenters. The van der Waals surface area contributed by atoms with E-state index in [2.05, 4.69) is 10.4 Å². The quantitative estimate of drug-likeness (QED) is 0.624. The molecule has 1 aromatic carbocycles. The maximum absolute atomic E-state index is 11.0. The molecule has 0 fully saturated rings. The number of carbonyl (C=O) groups is 1. The first-order valence-electron chi connectivity index (χ1n) is 5.78. The number of nitrogens with zero attached hydrogens (tertiary/aromatic N) is 3. The number of anilines is 1. The summed E-state index contributed by atoms with van der Waals surface area (Å²) >= 11 is 0. The van der Waals surface area contributed by atoms with Crippen LogP contribution in [0.3, 0.4) is 0 Å². The largest absolute Gasteiger partial charge is 0.374 e. The van der Waals surface area contributed by atoms with Gasteiger partial charge in [-0.15, -0.1) is 0 Å². The van der Waals surface area contributed by atoms with Gasteiger partial charge in [-0.1, -0.05) is 0 Å². The number of nitro benzene ring substituents is 1.